The van der Waals surface area contributed by atoms with Gasteiger partial charge < -0.3 is 14.8 Å². The summed E-state index contributed by atoms with van der Waals surface area (Å²) in [5.74, 6) is -0.296. The Morgan fingerprint density at radius 3 is 2.33 bits per heavy atom. The highest BCUT2D eigenvalue weighted by molar-refractivity contribution is 5.69. The van der Waals surface area contributed by atoms with Crippen molar-refractivity contribution in [1.29, 1.82) is 0 Å². The molecule has 0 spiro atoms. The molecule has 70 valence electrons. The number of ether oxygens (including phenoxy) is 2. The van der Waals surface area contributed by atoms with Gasteiger partial charge in [-0.05, 0) is 0 Å². The lowest BCUT2D eigenvalue weighted by Gasteiger charge is -2.04. The molecule has 0 aliphatic heterocycles. The zero-order valence-corrected chi connectivity index (χ0v) is 7.25. The third-order valence-electron chi connectivity index (χ3n) is 1.07. The van der Waals surface area contributed by atoms with Gasteiger partial charge in [0.1, 0.15) is 13.2 Å². The molecule has 0 aromatic carbocycles. The first-order valence-corrected chi connectivity index (χ1v) is 3.70. The maximum atomic E-state index is 10.5. The van der Waals surface area contributed by atoms with Crippen LogP contribution in [-0.2, 0) is 14.3 Å². The molecule has 0 rings (SSSR count). The number of alkyl carbamates (subject to hydrolysis) is 1. The monoisotopic (exact) mass is 175 g/mol. The van der Waals surface area contributed by atoms with Gasteiger partial charge in [-0.25, -0.2) is 4.79 Å². The average Bonchev–Trinajstić information content (AvgIpc) is 2.11. The Labute approximate surface area is 71.0 Å². The molecule has 5 nitrogen and oxygen atoms in total. The molecule has 0 aromatic heterocycles. The van der Waals surface area contributed by atoms with Crippen molar-refractivity contribution in [2.24, 2.45) is 0 Å². The topological polar surface area (TPSA) is 64.6 Å². The first kappa shape index (κ1) is 10.7. The Morgan fingerprint density at radius 2 is 1.83 bits per heavy atom. The van der Waals surface area contributed by atoms with Crippen LogP contribution >= 0.6 is 0 Å². The van der Waals surface area contributed by atoms with E-state index in [1.165, 1.54) is 7.05 Å². The van der Waals surface area contributed by atoms with Crippen LogP contribution in [-0.4, -0.2) is 32.3 Å². The fourth-order valence-corrected chi connectivity index (χ4v) is 0.464. The highest BCUT2D eigenvalue weighted by Gasteiger charge is 1.99. The van der Waals surface area contributed by atoms with Crippen molar-refractivity contribution < 1.29 is 19.1 Å². The second-order valence-corrected chi connectivity index (χ2v) is 1.96. The van der Waals surface area contributed by atoms with Gasteiger partial charge in [0.05, 0.1) is 0 Å². The normalized spacial score (nSPS) is 8.83. The van der Waals surface area contributed by atoms with E-state index in [1.54, 1.807) is 6.92 Å². The largest absolute Gasteiger partial charge is 0.462 e. The van der Waals surface area contributed by atoms with Crippen LogP contribution in [0.1, 0.15) is 13.3 Å². The van der Waals surface area contributed by atoms with Crippen molar-refractivity contribution in [2.45, 2.75) is 13.3 Å². The zero-order chi connectivity index (χ0) is 9.40. The Balaban J connectivity index is 3.21. The van der Waals surface area contributed by atoms with Crippen LogP contribution in [0.4, 0.5) is 4.79 Å². The van der Waals surface area contributed by atoms with Gasteiger partial charge in [0, 0.05) is 13.5 Å². The number of esters is 1. The molecule has 12 heavy (non-hydrogen) atoms. The summed E-state index contributed by atoms with van der Waals surface area (Å²) in [5, 5.41) is 2.27. The predicted molar refractivity (Wildman–Crippen MR) is 41.7 cm³/mol. The quantitative estimate of drug-likeness (QED) is 0.493. The molecule has 0 bridgehead atoms. The lowest BCUT2D eigenvalue weighted by atomic mass is 10.5. The number of carbonyl (C=O) groups is 2. The number of hydrogen-bond donors (Lipinski definition) is 1. The van der Waals surface area contributed by atoms with E-state index in [0.717, 1.165) is 0 Å². The molecule has 0 heterocycles. The third kappa shape index (κ3) is 5.52. The van der Waals surface area contributed by atoms with E-state index in [0.29, 0.717) is 6.42 Å². The number of carbonyl (C=O) groups excluding carboxylic acids is 2. The third-order valence-corrected chi connectivity index (χ3v) is 1.07. The standard InChI is InChI=1S/C7H13NO4/c1-3-6(9)11-4-5-12-7(10)8-2/h3-5H2,1-2H3,(H,8,10). The first-order valence-electron chi connectivity index (χ1n) is 3.70. The molecule has 5 heteroatoms. The second kappa shape index (κ2) is 6.45. The van der Waals surface area contributed by atoms with Gasteiger partial charge in [-0.3, -0.25) is 4.79 Å². The number of rotatable bonds is 4. The minimum absolute atomic E-state index is 0.0887. The summed E-state index contributed by atoms with van der Waals surface area (Å²) in [6, 6.07) is 0. The molecule has 0 unspecified atom stereocenters. The fourth-order valence-electron chi connectivity index (χ4n) is 0.464. The van der Waals surface area contributed by atoms with Crippen LogP contribution in [0.3, 0.4) is 0 Å². The summed E-state index contributed by atoms with van der Waals surface area (Å²) in [4.78, 5) is 21.0. The molecule has 0 aliphatic rings. The lowest BCUT2D eigenvalue weighted by Crippen LogP contribution is -2.21. The Kier molecular flexibility index (Phi) is 5.77. The molecule has 0 aliphatic carbocycles. The first-order chi connectivity index (χ1) is 5.70. The Morgan fingerprint density at radius 1 is 1.25 bits per heavy atom. The van der Waals surface area contributed by atoms with Gasteiger partial charge in [0.25, 0.3) is 0 Å². The minimum Gasteiger partial charge on any atom is -0.462 e. The molecule has 0 saturated heterocycles. The smallest absolute Gasteiger partial charge is 0.406 e. The van der Waals surface area contributed by atoms with Crippen molar-refractivity contribution in [1.82, 2.24) is 5.32 Å². The van der Waals surface area contributed by atoms with Crippen molar-refractivity contribution >= 4 is 12.1 Å². The molecule has 1 amide bonds. The van der Waals surface area contributed by atoms with Gasteiger partial charge >= 0.3 is 12.1 Å². The molecule has 0 radical (unpaired) electrons. The van der Waals surface area contributed by atoms with Crippen LogP contribution < -0.4 is 5.32 Å². The van der Waals surface area contributed by atoms with Crippen molar-refractivity contribution in [2.75, 3.05) is 20.3 Å². The molecule has 0 saturated carbocycles. The number of hydrogen-bond acceptors (Lipinski definition) is 4. The molecule has 0 atom stereocenters. The predicted octanol–water partition coefficient (Wildman–Crippen LogP) is 0.296. The number of nitrogens with one attached hydrogen (secondary N) is 1. The van der Waals surface area contributed by atoms with Crippen molar-refractivity contribution in [3.8, 4) is 0 Å². The molecule has 1 N–H and O–H groups in total. The van der Waals surface area contributed by atoms with E-state index in [4.69, 9.17) is 0 Å². The highest BCUT2D eigenvalue weighted by Crippen LogP contribution is 1.84. The van der Waals surface area contributed by atoms with Crippen molar-refractivity contribution in [3.63, 3.8) is 0 Å². The van der Waals surface area contributed by atoms with Crippen LogP contribution in [0, 0.1) is 0 Å². The molecule has 0 aromatic rings. The van der Waals surface area contributed by atoms with Gasteiger partial charge in [-0.2, -0.15) is 0 Å². The van der Waals surface area contributed by atoms with Gasteiger partial charge in [0.15, 0.2) is 0 Å². The minimum atomic E-state index is -0.525. The average molecular weight is 175 g/mol. The molecular weight excluding hydrogens is 162 g/mol. The summed E-state index contributed by atoms with van der Waals surface area (Å²) in [6.45, 7) is 1.90. The summed E-state index contributed by atoms with van der Waals surface area (Å²) < 4.78 is 9.20. The van der Waals surface area contributed by atoms with E-state index in [-0.39, 0.29) is 19.2 Å². The lowest BCUT2D eigenvalue weighted by molar-refractivity contribution is -0.144. The van der Waals surface area contributed by atoms with E-state index in [1.807, 2.05) is 0 Å². The van der Waals surface area contributed by atoms with Gasteiger partial charge in [0.2, 0.25) is 0 Å². The van der Waals surface area contributed by atoms with E-state index in [9.17, 15) is 9.59 Å². The maximum absolute atomic E-state index is 10.5. The summed E-state index contributed by atoms with van der Waals surface area (Å²) >= 11 is 0. The van der Waals surface area contributed by atoms with Crippen LogP contribution in [0.15, 0.2) is 0 Å². The summed E-state index contributed by atoms with van der Waals surface area (Å²) in [5.41, 5.74) is 0. The Bertz CT molecular complexity index is 139. The SMILES string of the molecule is CCC(=O)OCCOC(=O)NC. The van der Waals surface area contributed by atoms with Gasteiger partial charge in [-0.1, -0.05) is 6.92 Å². The van der Waals surface area contributed by atoms with Crippen LogP contribution in [0.5, 0.6) is 0 Å². The molecular formula is C7H13NO4. The summed E-state index contributed by atoms with van der Waals surface area (Å²) in [6.07, 6.45) is -0.192. The van der Waals surface area contributed by atoms with Crippen LogP contribution in [0.25, 0.3) is 0 Å². The van der Waals surface area contributed by atoms with E-state index >= 15 is 0 Å². The van der Waals surface area contributed by atoms with Crippen molar-refractivity contribution in [3.05, 3.63) is 0 Å². The van der Waals surface area contributed by atoms with E-state index < -0.39 is 6.09 Å². The summed E-state index contributed by atoms with van der Waals surface area (Å²) in [7, 11) is 1.46. The fraction of sp³-hybridized carbons (Fsp3) is 0.714. The Hall–Kier alpha value is -1.26. The van der Waals surface area contributed by atoms with Crippen LogP contribution in [0.2, 0.25) is 0 Å². The zero-order valence-electron chi connectivity index (χ0n) is 7.25. The highest BCUT2D eigenvalue weighted by atomic mass is 16.6. The van der Waals surface area contributed by atoms with E-state index in [2.05, 4.69) is 14.8 Å². The van der Waals surface area contributed by atoms with Gasteiger partial charge in [-0.15, -0.1) is 0 Å². The second-order valence-electron chi connectivity index (χ2n) is 1.96. The maximum Gasteiger partial charge on any atom is 0.406 e. The number of amides is 1. The molecule has 0 fully saturated rings.